The van der Waals surface area contributed by atoms with E-state index < -0.39 is 35.4 Å². The molecule has 0 fully saturated rings. The minimum absolute atomic E-state index is 0. The van der Waals surface area contributed by atoms with E-state index in [-0.39, 0.29) is 61.9 Å². The number of aliphatic imine (C=N–C) groups is 1. The molecule has 0 saturated carbocycles. The summed E-state index contributed by atoms with van der Waals surface area (Å²) in [7, 11) is 0. The number of nitrogens with zero attached hydrogens (tertiary/aromatic N) is 2. The van der Waals surface area contributed by atoms with E-state index >= 15 is 0 Å². The topological polar surface area (TPSA) is 63.9 Å². The van der Waals surface area contributed by atoms with Gasteiger partial charge in [-0.25, -0.2) is 22.5 Å². The molecule has 0 unspecified atom stereocenters. The summed E-state index contributed by atoms with van der Waals surface area (Å²) >= 11 is 0. The van der Waals surface area contributed by atoms with Crippen LogP contribution in [-0.4, -0.2) is 22.0 Å². The van der Waals surface area contributed by atoms with Crippen molar-refractivity contribution in [2.24, 2.45) is 4.99 Å². The molecule has 2 heterocycles. The molecule has 1 aromatic heterocycles. The molecule has 6 rings (SSSR count). The number of phenols is 1. The number of phenolic OH excluding ortho intramolecular Hbond substituents is 1. The van der Waals surface area contributed by atoms with Gasteiger partial charge in [-0.05, 0) is 12.1 Å². The summed E-state index contributed by atoms with van der Waals surface area (Å²) in [5, 5.41) is 10.8. The van der Waals surface area contributed by atoms with Crippen LogP contribution in [0.25, 0.3) is 10.9 Å². The van der Waals surface area contributed by atoms with Crippen molar-refractivity contribution >= 4 is 16.8 Å². The maximum atomic E-state index is 14.4. The molecule has 4 aromatic rings. The average Bonchev–Trinajstić information content (AvgIpc) is 3.41. The third-order valence-electron chi connectivity index (χ3n) is 5.86. The Balaban J connectivity index is 0.00000253. The number of fused-ring (bicyclic) bond motifs is 4. The van der Waals surface area contributed by atoms with Gasteiger partial charge in [0.1, 0.15) is 23.3 Å². The summed E-state index contributed by atoms with van der Waals surface area (Å²) in [4.78, 5) is 8.66. The number of pyridine rings is 1. The molecule has 3 aromatic carbocycles. The summed E-state index contributed by atoms with van der Waals surface area (Å²) in [6.07, 6.45) is -1.19. The molecule has 180 valence electrons. The summed E-state index contributed by atoms with van der Waals surface area (Å²) in [5.74, 6) is -5.99. The van der Waals surface area contributed by atoms with Crippen LogP contribution in [0, 0.1) is 29.3 Å². The molecular weight excluding hydrogens is 647 g/mol. The molecule has 2 atom stereocenters. The van der Waals surface area contributed by atoms with Crippen LogP contribution in [0.3, 0.4) is 0 Å². The van der Waals surface area contributed by atoms with Crippen molar-refractivity contribution in [3.05, 3.63) is 94.6 Å². The first-order valence-electron chi connectivity index (χ1n) is 10.3. The van der Waals surface area contributed by atoms with E-state index in [0.717, 1.165) is 5.39 Å². The van der Waals surface area contributed by atoms with Gasteiger partial charge in [-0.15, -0.1) is 18.2 Å². The Morgan fingerprint density at radius 2 is 1.71 bits per heavy atom. The number of benzene rings is 3. The molecule has 1 aliphatic heterocycles. The second-order valence-electron chi connectivity index (χ2n) is 7.92. The predicted molar refractivity (Wildman–Crippen MR) is 113 cm³/mol. The normalized spacial score (nSPS) is 17.9. The number of rotatable bonds is 3. The Morgan fingerprint density at radius 3 is 2.54 bits per heavy atom. The van der Waals surface area contributed by atoms with E-state index in [1.54, 1.807) is 42.5 Å². The maximum absolute atomic E-state index is 14.4. The summed E-state index contributed by atoms with van der Waals surface area (Å²) in [6, 6.07) is 15.6. The second-order valence-corrected chi connectivity index (χ2v) is 7.92. The summed E-state index contributed by atoms with van der Waals surface area (Å²) in [6.45, 7) is 0. The summed E-state index contributed by atoms with van der Waals surface area (Å²) in [5.41, 5.74) is 0.137. The monoisotopic (exact) mass is 660 g/mol. The van der Waals surface area contributed by atoms with E-state index in [0.29, 0.717) is 11.1 Å². The van der Waals surface area contributed by atoms with Crippen LogP contribution in [0.15, 0.2) is 53.5 Å². The molecule has 1 N–H and O–H groups in total. The zero-order valence-corrected chi connectivity index (χ0v) is 19.7. The van der Waals surface area contributed by atoms with E-state index in [9.17, 15) is 22.7 Å². The fourth-order valence-corrected chi connectivity index (χ4v) is 4.30. The van der Waals surface area contributed by atoms with Gasteiger partial charge in [0.15, 0.2) is 23.3 Å². The molecule has 2 aliphatic rings. The minimum Gasteiger partial charge on any atom is -0.510 e. The van der Waals surface area contributed by atoms with Crippen LogP contribution in [0.5, 0.6) is 17.4 Å². The van der Waals surface area contributed by atoms with Crippen molar-refractivity contribution in [1.82, 2.24) is 4.98 Å². The maximum Gasteiger partial charge on any atom is 0.217 e. The molecule has 0 bridgehead atoms. The predicted octanol–water partition coefficient (Wildman–Crippen LogP) is 5.53. The fourth-order valence-electron chi connectivity index (χ4n) is 4.30. The van der Waals surface area contributed by atoms with E-state index in [1.165, 1.54) is 6.07 Å². The molecule has 0 radical (unpaired) electrons. The van der Waals surface area contributed by atoms with Gasteiger partial charge >= 0.3 is 0 Å². The van der Waals surface area contributed by atoms with Crippen molar-refractivity contribution in [3.63, 3.8) is 0 Å². The van der Waals surface area contributed by atoms with Crippen LogP contribution >= 0.6 is 0 Å². The smallest absolute Gasteiger partial charge is 0.217 e. The van der Waals surface area contributed by atoms with Crippen molar-refractivity contribution in [2.75, 3.05) is 0 Å². The van der Waals surface area contributed by atoms with Gasteiger partial charge in [0.2, 0.25) is 5.88 Å². The zero-order valence-electron chi connectivity index (χ0n) is 17.5. The van der Waals surface area contributed by atoms with Crippen molar-refractivity contribution in [3.8, 4) is 17.4 Å². The van der Waals surface area contributed by atoms with Gasteiger partial charge in [-0.1, -0.05) is 23.8 Å². The Morgan fingerprint density at radius 1 is 0.943 bits per heavy atom. The molecule has 0 amide bonds. The van der Waals surface area contributed by atoms with Gasteiger partial charge in [0.05, 0.1) is 6.04 Å². The third kappa shape index (κ3) is 3.74. The Labute approximate surface area is 210 Å². The number of aromatic hydroxyl groups is 1. The molecule has 5 nitrogen and oxygen atoms in total. The van der Waals surface area contributed by atoms with E-state index in [2.05, 4.69) is 16.0 Å². The number of para-hydroxylation sites is 1. The fraction of sp³-hybridized carbons (Fsp3) is 0.120. The molecule has 10 heteroatoms. The van der Waals surface area contributed by atoms with E-state index in [4.69, 9.17) is 9.47 Å². The largest absolute Gasteiger partial charge is 0.510 e. The Hall–Kier alpha value is -3.45. The van der Waals surface area contributed by atoms with Crippen molar-refractivity contribution in [1.29, 1.82) is 0 Å². The van der Waals surface area contributed by atoms with Crippen molar-refractivity contribution in [2.45, 2.75) is 18.6 Å². The molecule has 0 spiro atoms. The number of halogens is 4. The van der Waals surface area contributed by atoms with Crippen molar-refractivity contribution < 1.29 is 53.2 Å². The standard InChI is InChI=1S/C25H13F4N2O3.Pt/c26-19-14-10-15-24(18(14)20(27)22(29)21(19)28)34-25(30-15)12-4-1-5-13(9-12)33-17-8-7-11-3-2-6-16(32)23(11)31-17;/h1-8,15,24,32H,10H2;/q-1;/t15-,24-;/m0./s1. The Bertz CT molecular complexity index is 1530. The number of aromatic nitrogens is 1. The van der Waals surface area contributed by atoms with Crippen LogP contribution in [-0.2, 0) is 32.2 Å². The van der Waals surface area contributed by atoms with E-state index in [1.807, 2.05) is 0 Å². The first-order chi connectivity index (χ1) is 16.4. The first kappa shape index (κ1) is 23.3. The minimum atomic E-state index is -1.87. The second kappa shape index (κ2) is 8.64. The molecule has 1 aliphatic carbocycles. The van der Waals surface area contributed by atoms with Gasteiger partial charge in [-0.2, -0.15) is 0 Å². The van der Waals surface area contributed by atoms with Gasteiger partial charge in [-0.3, -0.25) is 4.99 Å². The summed E-state index contributed by atoms with van der Waals surface area (Å²) < 4.78 is 67.4. The molecule has 35 heavy (non-hydrogen) atoms. The van der Waals surface area contributed by atoms with Gasteiger partial charge in [0, 0.05) is 55.8 Å². The first-order valence-corrected chi connectivity index (χ1v) is 10.3. The average molecular weight is 660 g/mol. The number of hydrogen-bond donors (Lipinski definition) is 1. The third-order valence-corrected chi connectivity index (χ3v) is 5.86. The Kier molecular flexibility index (Phi) is 5.75. The number of ether oxygens (including phenoxy) is 2. The van der Waals surface area contributed by atoms with Crippen LogP contribution in [0.2, 0.25) is 0 Å². The SMILES string of the molecule is Oc1cccc2ccc(Oc3[c-]c(C4=N[C@H]5Cc6c(F)c(F)c(F)c(F)c6[C@H]5O4)ccc3)nc12.[Pt]. The van der Waals surface area contributed by atoms with Gasteiger partial charge < -0.3 is 14.6 Å². The van der Waals surface area contributed by atoms with Crippen LogP contribution < -0.4 is 4.74 Å². The van der Waals surface area contributed by atoms with Gasteiger partial charge in [0.25, 0.3) is 0 Å². The molecular formula is C25H13F4N2O3Pt-. The van der Waals surface area contributed by atoms with Crippen LogP contribution in [0.1, 0.15) is 22.8 Å². The number of hydrogen-bond acceptors (Lipinski definition) is 5. The quantitative estimate of drug-likeness (QED) is 0.136. The zero-order chi connectivity index (χ0) is 23.6. The van der Waals surface area contributed by atoms with Crippen LogP contribution in [0.4, 0.5) is 17.6 Å². The molecule has 0 saturated heterocycles.